The van der Waals surface area contributed by atoms with E-state index >= 15 is 0 Å². The highest BCUT2D eigenvalue weighted by Gasteiger charge is 2.43. The third-order valence-corrected chi connectivity index (χ3v) is 6.63. The maximum atomic E-state index is 13.3. The van der Waals surface area contributed by atoms with Gasteiger partial charge in [0.1, 0.15) is 16.4 Å². The van der Waals surface area contributed by atoms with E-state index in [1.165, 1.54) is 29.9 Å². The number of anilines is 1. The van der Waals surface area contributed by atoms with Gasteiger partial charge in [-0.2, -0.15) is 0 Å². The van der Waals surface area contributed by atoms with Crippen molar-refractivity contribution in [3.8, 4) is 11.1 Å². The first-order valence-corrected chi connectivity index (χ1v) is 10.3. The van der Waals surface area contributed by atoms with Crippen LogP contribution in [0.4, 0.5) is 9.39 Å². The first kappa shape index (κ1) is 18.2. The summed E-state index contributed by atoms with van der Waals surface area (Å²) in [7, 11) is 0. The molecule has 4 nitrogen and oxygen atoms in total. The van der Waals surface area contributed by atoms with Crippen LogP contribution in [0.3, 0.4) is 0 Å². The summed E-state index contributed by atoms with van der Waals surface area (Å²) in [5.74, 6) is 0.374. The number of carbonyl (C=O) groups excluding carboxylic acids is 2. The Morgan fingerprint density at radius 3 is 2.63 bits per heavy atom. The normalized spacial score (nSPS) is 23.4. The number of esters is 1. The van der Waals surface area contributed by atoms with Crippen LogP contribution in [-0.4, -0.2) is 18.5 Å². The molecule has 3 unspecified atom stereocenters. The molecule has 6 heteroatoms. The van der Waals surface area contributed by atoms with Gasteiger partial charge >= 0.3 is 5.97 Å². The second kappa shape index (κ2) is 7.43. The minimum absolute atomic E-state index is 0.000236. The number of hydrogen-bond donors (Lipinski definition) is 1. The summed E-state index contributed by atoms with van der Waals surface area (Å²) in [6.07, 6.45) is 4.45. The van der Waals surface area contributed by atoms with E-state index in [2.05, 4.69) is 5.32 Å². The Labute approximate surface area is 161 Å². The van der Waals surface area contributed by atoms with Gasteiger partial charge in [0.15, 0.2) is 0 Å². The van der Waals surface area contributed by atoms with Crippen LogP contribution in [-0.2, 0) is 9.53 Å². The summed E-state index contributed by atoms with van der Waals surface area (Å²) in [4.78, 5) is 25.4. The molecule has 0 aliphatic heterocycles. The molecule has 2 aliphatic rings. The van der Waals surface area contributed by atoms with Crippen molar-refractivity contribution < 1.29 is 18.7 Å². The Bertz CT molecular complexity index is 861. The second-order valence-electron chi connectivity index (χ2n) is 7.35. The molecule has 1 N–H and O–H groups in total. The van der Waals surface area contributed by atoms with Gasteiger partial charge in [-0.3, -0.25) is 4.79 Å². The zero-order valence-corrected chi connectivity index (χ0v) is 16.0. The van der Waals surface area contributed by atoms with Crippen molar-refractivity contribution in [1.29, 1.82) is 0 Å². The molecule has 0 radical (unpaired) electrons. The number of benzene rings is 1. The molecule has 1 aromatic carbocycles. The molecular weight excluding hydrogens is 365 g/mol. The van der Waals surface area contributed by atoms with Crippen LogP contribution in [0.2, 0.25) is 0 Å². The summed E-state index contributed by atoms with van der Waals surface area (Å²) in [6, 6.07) is 5.97. The number of rotatable bonds is 5. The zero-order valence-electron chi connectivity index (χ0n) is 15.2. The van der Waals surface area contributed by atoms with Gasteiger partial charge in [-0.05, 0) is 55.7 Å². The number of carbonyl (C=O) groups is 2. The third-order valence-electron chi connectivity index (χ3n) is 5.74. The van der Waals surface area contributed by atoms with Crippen LogP contribution >= 0.6 is 11.3 Å². The number of ether oxygens (including phenoxy) is 1. The fourth-order valence-corrected chi connectivity index (χ4v) is 5.43. The second-order valence-corrected chi connectivity index (χ2v) is 8.23. The Balaban J connectivity index is 1.62. The molecule has 0 saturated heterocycles. The van der Waals surface area contributed by atoms with Gasteiger partial charge in [-0.25, -0.2) is 9.18 Å². The van der Waals surface area contributed by atoms with Crippen LogP contribution in [0.25, 0.3) is 11.1 Å². The maximum Gasteiger partial charge on any atom is 0.341 e. The zero-order chi connectivity index (χ0) is 19.0. The molecule has 2 aromatic rings. The monoisotopic (exact) mass is 387 g/mol. The van der Waals surface area contributed by atoms with E-state index in [1.54, 1.807) is 19.1 Å². The largest absolute Gasteiger partial charge is 0.462 e. The van der Waals surface area contributed by atoms with Crippen molar-refractivity contribution in [3.05, 3.63) is 41.0 Å². The predicted molar refractivity (Wildman–Crippen MR) is 103 cm³/mol. The summed E-state index contributed by atoms with van der Waals surface area (Å²) in [5.41, 5.74) is 1.72. The molecule has 2 fully saturated rings. The van der Waals surface area contributed by atoms with Gasteiger partial charge in [0, 0.05) is 16.9 Å². The fourth-order valence-electron chi connectivity index (χ4n) is 4.47. The van der Waals surface area contributed by atoms with E-state index in [-0.39, 0.29) is 24.2 Å². The first-order chi connectivity index (χ1) is 13.1. The molecule has 2 bridgehead atoms. The van der Waals surface area contributed by atoms with E-state index in [0.717, 1.165) is 24.8 Å². The maximum absolute atomic E-state index is 13.3. The highest BCUT2D eigenvalue weighted by atomic mass is 32.1. The van der Waals surface area contributed by atoms with Crippen molar-refractivity contribution in [2.45, 2.75) is 32.6 Å². The molecule has 2 saturated carbocycles. The van der Waals surface area contributed by atoms with E-state index in [4.69, 9.17) is 4.74 Å². The number of amides is 1. The molecule has 2 aliphatic carbocycles. The third kappa shape index (κ3) is 3.50. The molecule has 1 amide bonds. The molecule has 3 atom stereocenters. The molecular formula is C21H22FNO3S. The molecule has 27 heavy (non-hydrogen) atoms. The van der Waals surface area contributed by atoms with Crippen molar-refractivity contribution in [2.75, 3.05) is 11.9 Å². The lowest BCUT2D eigenvalue weighted by Crippen LogP contribution is -2.27. The summed E-state index contributed by atoms with van der Waals surface area (Å²) < 4.78 is 18.5. The summed E-state index contributed by atoms with van der Waals surface area (Å²) in [6.45, 7) is 1.99. The van der Waals surface area contributed by atoms with Gasteiger partial charge in [-0.15, -0.1) is 11.3 Å². The minimum atomic E-state index is -0.471. The van der Waals surface area contributed by atoms with Gasteiger partial charge in [0.25, 0.3) is 0 Å². The predicted octanol–water partition coefficient (Wildman–Crippen LogP) is 5.11. The number of hydrogen-bond acceptors (Lipinski definition) is 4. The van der Waals surface area contributed by atoms with Gasteiger partial charge in [0.2, 0.25) is 5.91 Å². The van der Waals surface area contributed by atoms with Gasteiger partial charge in [0.05, 0.1) is 6.61 Å². The standard InChI is InChI=1S/C21H22FNO3S/c1-2-26-21(25)18-17(13-5-7-15(22)8-6-13)11-27-20(18)23-19(24)16-10-12-3-4-14(16)9-12/h5-8,11-12,14,16H,2-4,9-10H2,1H3,(H,23,24). The van der Waals surface area contributed by atoms with Gasteiger partial charge in [-0.1, -0.05) is 18.6 Å². The number of fused-ring (bicyclic) bond motifs is 2. The molecule has 1 heterocycles. The van der Waals surface area contributed by atoms with E-state index in [9.17, 15) is 14.0 Å². The first-order valence-electron chi connectivity index (χ1n) is 9.42. The highest BCUT2D eigenvalue weighted by Crippen LogP contribution is 2.49. The Morgan fingerprint density at radius 2 is 2.00 bits per heavy atom. The van der Waals surface area contributed by atoms with Crippen LogP contribution in [0, 0.1) is 23.6 Å². The lowest BCUT2D eigenvalue weighted by molar-refractivity contribution is -0.121. The van der Waals surface area contributed by atoms with Crippen LogP contribution in [0.1, 0.15) is 43.0 Å². The lowest BCUT2D eigenvalue weighted by atomic mass is 9.88. The lowest BCUT2D eigenvalue weighted by Gasteiger charge is -2.20. The van der Waals surface area contributed by atoms with Crippen molar-refractivity contribution in [3.63, 3.8) is 0 Å². The van der Waals surface area contributed by atoms with E-state index in [1.807, 2.05) is 5.38 Å². The SMILES string of the molecule is CCOC(=O)c1c(-c2ccc(F)cc2)csc1NC(=O)C1CC2CCC1C2. The Hall–Kier alpha value is -2.21. The van der Waals surface area contributed by atoms with E-state index in [0.29, 0.717) is 28.0 Å². The van der Waals surface area contributed by atoms with Crippen molar-refractivity contribution in [1.82, 2.24) is 0 Å². The fraction of sp³-hybridized carbons (Fsp3) is 0.429. The van der Waals surface area contributed by atoms with Crippen LogP contribution in [0.15, 0.2) is 29.6 Å². The highest BCUT2D eigenvalue weighted by molar-refractivity contribution is 7.15. The van der Waals surface area contributed by atoms with Crippen LogP contribution < -0.4 is 5.32 Å². The molecule has 4 rings (SSSR count). The average molecular weight is 387 g/mol. The number of nitrogens with one attached hydrogen (secondary N) is 1. The average Bonchev–Trinajstić information content (AvgIpc) is 3.38. The quantitative estimate of drug-likeness (QED) is 0.726. The smallest absolute Gasteiger partial charge is 0.341 e. The number of halogens is 1. The van der Waals surface area contributed by atoms with Gasteiger partial charge < -0.3 is 10.1 Å². The Kier molecular flexibility index (Phi) is 5.00. The van der Waals surface area contributed by atoms with E-state index < -0.39 is 5.97 Å². The minimum Gasteiger partial charge on any atom is -0.462 e. The summed E-state index contributed by atoms with van der Waals surface area (Å²) in [5, 5.41) is 5.31. The van der Waals surface area contributed by atoms with Crippen molar-refractivity contribution >= 4 is 28.2 Å². The number of thiophene rings is 1. The molecule has 1 aromatic heterocycles. The van der Waals surface area contributed by atoms with Crippen molar-refractivity contribution in [2.24, 2.45) is 17.8 Å². The molecule has 0 spiro atoms. The summed E-state index contributed by atoms with van der Waals surface area (Å²) >= 11 is 1.31. The topological polar surface area (TPSA) is 55.4 Å². The Morgan fingerprint density at radius 1 is 1.22 bits per heavy atom. The van der Waals surface area contributed by atoms with Crippen LogP contribution in [0.5, 0.6) is 0 Å². The molecule has 142 valence electrons.